The van der Waals surface area contributed by atoms with Crippen molar-refractivity contribution in [3.05, 3.63) is 34.4 Å². The van der Waals surface area contributed by atoms with Crippen LogP contribution in [-0.2, 0) is 6.42 Å². The van der Waals surface area contributed by atoms with Crippen molar-refractivity contribution in [2.45, 2.75) is 13.3 Å². The first kappa shape index (κ1) is 15.9. The zero-order valence-corrected chi connectivity index (χ0v) is 14.3. The van der Waals surface area contributed by atoms with E-state index in [0.717, 1.165) is 43.3 Å². The summed E-state index contributed by atoms with van der Waals surface area (Å²) in [7, 11) is 2.14. The molecule has 1 saturated heterocycles. The van der Waals surface area contributed by atoms with E-state index in [1.165, 1.54) is 11.3 Å². The zero-order chi connectivity index (χ0) is 16.2. The molecule has 0 saturated carbocycles. The highest BCUT2D eigenvalue weighted by atomic mass is 32.1. The van der Waals surface area contributed by atoms with Crippen LogP contribution in [0.15, 0.2) is 24.5 Å². The molecule has 7 heteroatoms. The predicted molar refractivity (Wildman–Crippen MR) is 93.4 cm³/mol. The van der Waals surface area contributed by atoms with Gasteiger partial charge in [-0.15, -0.1) is 11.3 Å². The van der Waals surface area contributed by atoms with Crippen LogP contribution in [0.5, 0.6) is 0 Å². The number of aromatic nitrogens is 2. The maximum Gasteiger partial charge on any atom is 0.268 e. The van der Waals surface area contributed by atoms with Crippen LogP contribution in [0, 0.1) is 0 Å². The first-order chi connectivity index (χ1) is 11.2. The van der Waals surface area contributed by atoms with Crippen molar-refractivity contribution in [1.29, 1.82) is 0 Å². The summed E-state index contributed by atoms with van der Waals surface area (Å²) in [6, 6.07) is 3.87. The third-order valence-electron chi connectivity index (χ3n) is 3.94. The first-order valence-corrected chi connectivity index (χ1v) is 8.63. The lowest BCUT2D eigenvalue weighted by molar-refractivity contribution is 0.103. The summed E-state index contributed by atoms with van der Waals surface area (Å²) in [6.07, 6.45) is 4.29. The number of hydrogen-bond acceptors (Lipinski definition) is 6. The second-order valence-corrected chi connectivity index (χ2v) is 6.73. The molecule has 122 valence electrons. The van der Waals surface area contributed by atoms with E-state index in [0.29, 0.717) is 10.7 Å². The molecule has 1 N–H and O–H groups in total. The van der Waals surface area contributed by atoms with Crippen molar-refractivity contribution in [2.75, 3.05) is 43.4 Å². The Hall–Kier alpha value is -1.99. The smallest absolute Gasteiger partial charge is 0.268 e. The van der Waals surface area contributed by atoms with Crippen LogP contribution in [-0.4, -0.2) is 54.0 Å². The van der Waals surface area contributed by atoms with E-state index < -0.39 is 0 Å². The molecule has 0 bridgehead atoms. The van der Waals surface area contributed by atoms with Crippen LogP contribution in [0.1, 0.15) is 21.6 Å². The van der Waals surface area contributed by atoms with Gasteiger partial charge in [0.1, 0.15) is 10.7 Å². The molecule has 23 heavy (non-hydrogen) atoms. The number of carbonyl (C=O) groups is 1. The first-order valence-electron chi connectivity index (χ1n) is 7.81. The predicted octanol–water partition coefficient (Wildman–Crippen LogP) is 2.10. The summed E-state index contributed by atoms with van der Waals surface area (Å²) < 4.78 is 0. The van der Waals surface area contributed by atoms with Gasteiger partial charge in [0.05, 0.1) is 23.1 Å². The quantitative estimate of drug-likeness (QED) is 0.930. The standard InChI is InChI=1S/C16H21N5OS/c1-3-15-18-11-13(23-15)16(22)19-14-5-4-12(10-17-14)21-8-6-20(2)7-9-21/h4-5,10-11H,3,6-9H2,1-2H3,(H,17,19,22). The SMILES string of the molecule is CCc1ncc(C(=O)Nc2ccc(N3CCN(C)CC3)cn2)s1. The molecule has 1 aliphatic heterocycles. The van der Waals surface area contributed by atoms with E-state index in [1.54, 1.807) is 6.20 Å². The molecule has 0 aliphatic carbocycles. The van der Waals surface area contributed by atoms with Crippen molar-refractivity contribution < 1.29 is 4.79 Å². The number of pyridine rings is 1. The minimum atomic E-state index is -0.151. The van der Waals surface area contributed by atoms with Gasteiger partial charge in [0.25, 0.3) is 5.91 Å². The lowest BCUT2D eigenvalue weighted by Crippen LogP contribution is -2.44. The number of thiazole rings is 1. The molecule has 0 unspecified atom stereocenters. The van der Waals surface area contributed by atoms with Gasteiger partial charge in [0, 0.05) is 26.2 Å². The van der Waals surface area contributed by atoms with E-state index in [4.69, 9.17) is 0 Å². The van der Waals surface area contributed by atoms with Crippen LogP contribution < -0.4 is 10.2 Å². The number of piperazine rings is 1. The number of hydrogen-bond donors (Lipinski definition) is 1. The number of carbonyl (C=O) groups excluding carboxylic acids is 1. The lowest BCUT2D eigenvalue weighted by atomic mass is 10.3. The summed E-state index contributed by atoms with van der Waals surface area (Å²) in [6.45, 7) is 6.15. The summed E-state index contributed by atoms with van der Waals surface area (Å²) in [5.41, 5.74) is 1.10. The maximum absolute atomic E-state index is 12.2. The molecule has 0 atom stereocenters. The summed E-state index contributed by atoms with van der Waals surface area (Å²) >= 11 is 1.42. The number of rotatable bonds is 4. The minimum Gasteiger partial charge on any atom is -0.368 e. The van der Waals surface area contributed by atoms with Gasteiger partial charge in [-0.1, -0.05) is 6.92 Å². The molecule has 1 aliphatic rings. The van der Waals surface area contributed by atoms with Crippen molar-refractivity contribution in [3.63, 3.8) is 0 Å². The number of nitrogens with zero attached hydrogens (tertiary/aromatic N) is 4. The largest absolute Gasteiger partial charge is 0.368 e. The maximum atomic E-state index is 12.2. The molecule has 3 heterocycles. The Bertz CT molecular complexity index is 661. The van der Waals surface area contributed by atoms with E-state index in [-0.39, 0.29) is 5.91 Å². The number of anilines is 2. The van der Waals surface area contributed by atoms with Gasteiger partial charge in [-0.25, -0.2) is 9.97 Å². The monoisotopic (exact) mass is 331 g/mol. The van der Waals surface area contributed by atoms with Gasteiger partial charge in [-0.05, 0) is 25.6 Å². The average Bonchev–Trinajstić information content (AvgIpc) is 3.06. The van der Waals surface area contributed by atoms with E-state index in [1.807, 2.05) is 25.3 Å². The van der Waals surface area contributed by atoms with Gasteiger partial charge in [0.2, 0.25) is 0 Å². The van der Waals surface area contributed by atoms with Crippen molar-refractivity contribution in [2.24, 2.45) is 0 Å². The third kappa shape index (κ3) is 3.86. The molecule has 1 fully saturated rings. The Morgan fingerprint density at radius 3 is 2.61 bits per heavy atom. The topological polar surface area (TPSA) is 61.4 Å². The fraction of sp³-hybridized carbons (Fsp3) is 0.438. The molecule has 0 aromatic carbocycles. The van der Waals surface area contributed by atoms with Gasteiger partial charge in [0.15, 0.2) is 0 Å². The summed E-state index contributed by atoms with van der Waals surface area (Å²) in [5.74, 6) is 0.418. The van der Waals surface area contributed by atoms with Crippen LogP contribution in [0.4, 0.5) is 11.5 Å². The van der Waals surface area contributed by atoms with Crippen LogP contribution in [0.2, 0.25) is 0 Å². The van der Waals surface area contributed by atoms with Crippen molar-refractivity contribution in [3.8, 4) is 0 Å². The zero-order valence-electron chi connectivity index (χ0n) is 13.5. The van der Waals surface area contributed by atoms with Crippen molar-refractivity contribution in [1.82, 2.24) is 14.9 Å². The highest BCUT2D eigenvalue weighted by Gasteiger charge is 2.15. The summed E-state index contributed by atoms with van der Waals surface area (Å²) in [5, 5.41) is 3.79. The number of aryl methyl sites for hydroxylation is 1. The number of amides is 1. The average molecular weight is 331 g/mol. The Kier molecular flexibility index (Phi) is 4.88. The van der Waals surface area contributed by atoms with Crippen LogP contribution in [0.3, 0.4) is 0 Å². The molecule has 3 rings (SSSR count). The molecule has 0 spiro atoms. The molecule has 6 nitrogen and oxygen atoms in total. The highest BCUT2D eigenvalue weighted by molar-refractivity contribution is 7.13. The van der Waals surface area contributed by atoms with Crippen LogP contribution in [0.25, 0.3) is 0 Å². The second kappa shape index (κ2) is 7.06. The molecular formula is C16H21N5OS. The summed E-state index contributed by atoms with van der Waals surface area (Å²) in [4.78, 5) is 26.0. The fourth-order valence-electron chi connectivity index (χ4n) is 2.47. The minimum absolute atomic E-state index is 0.151. The van der Waals surface area contributed by atoms with Crippen LogP contribution >= 0.6 is 11.3 Å². The Morgan fingerprint density at radius 2 is 2.00 bits per heavy atom. The van der Waals surface area contributed by atoms with Crippen molar-refractivity contribution >= 4 is 28.7 Å². The van der Waals surface area contributed by atoms with Gasteiger partial charge in [-0.2, -0.15) is 0 Å². The molecule has 0 radical (unpaired) electrons. The van der Waals surface area contributed by atoms with E-state index in [9.17, 15) is 4.79 Å². The third-order valence-corrected chi connectivity index (χ3v) is 5.08. The lowest BCUT2D eigenvalue weighted by Gasteiger charge is -2.33. The molecule has 2 aromatic heterocycles. The Labute approximate surface area is 140 Å². The normalized spacial score (nSPS) is 15.7. The highest BCUT2D eigenvalue weighted by Crippen LogP contribution is 2.18. The van der Waals surface area contributed by atoms with E-state index >= 15 is 0 Å². The Morgan fingerprint density at radius 1 is 1.22 bits per heavy atom. The second-order valence-electron chi connectivity index (χ2n) is 5.62. The molecular weight excluding hydrogens is 310 g/mol. The fourth-order valence-corrected chi connectivity index (χ4v) is 3.22. The van der Waals surface area contributed by atoms with Gasteiger partial charge in [-0.3, -0.25) is 4.79 Å². The molecule has 1 amide bonds. The number of nitrogens with one attached hydrogen (secondary N) is 1. The Balaban J connectivity index is 1.62. The molecule has 2 aromatic rings. The van der Waals surface area contributed by atoms with E-state index in [2.05, 4.69) is 32.1 Å². The van der Waals surface area contributed by atoms with Gasteiger partial charge < -0.3 is 15.1 Å². The number of likely N-dealkylation sites (N-methyl/N-ethyl adjacent to an activating group) is 1. The van der Waals surface area contributed by atoms with Gasteiger partial charge >= 0.3 is 0 Å².